The van der Waals surface area contributed by atoms with Crippen LogP contribution in [0, 0.1) is 46.5 Å². The van der Waals surface area contributed by atoms with Gasteiger partial charge in [0.2, 0.25) is 0 Å². The fourth-order valence-corrected chi connectivity index (χ4v) is 23.3. The van der Waals surface area contributed by atoms with E-state index in [0.717, 1.165) is 95.3 Å². The number of halogens is 8. The van der Waals surface area contributed by atoms with E-state index in [4.69, 9.17) is 0 Å². The van der Waals surface area contributed by atoms with Crippen LogP contribution in [0.4, 0.5) is 35.1 Å². The zero-order valence-electron chi connectivity index (χ0n) is 77.0. The fraction of sp³-hybridized carbons (Fsp3) is 0.100. The number of rotatable bonds is 16. The summed E-state index contributed by atoms with van der Waals surface area (Å²) < 4.78 is 132. The maximum absolute atomic E-state index is 16.5. The molecule has 2 unspecified atom stereocenters. The lowest BCUT2D eigenvalue weighted by atomic mass is 9.81. The van der Waals surface area contributed by atoms with Crippen molar-refractivity contribution in [3.05, 3.63) is 426 Å². The molecule has 0 fully saturated rings. The van der Waals surface area contributed by atoms with Gasteiger partial charge >= 0.3 is 0 Å². The molecule has 26 heteroatoms. The van der Waals surface area contributed by atoms with Crippen molar-refractivity contribution in [1.29, 1.82) is 0 Å². The number of fused-ring (bicyclic) bond motifs is 6. The van der Waals surface area contributed by atoms with Gasteiger partial charge in [-0.15, -0.1) is 0 Å². The molecule has 0 bridgehead atoms. The van der Waals surface area contributed by atoms with Crippen molar-refractivity contribution in [3.63, 3.8) is 0 Å². The van der Waals surface area contributed by atoms with Gasteiger partial charge in [-0.1, -0.05) is 206 Å². The second-order valence-electron chi connectivity index (χ2n) is 37.5. The molecule has 146 heavy (non-hydrogen) atoms. The van der Waals surface area contributed by atoms with Gasteiger partial charge in [-0.25, -0.2) is 35.1 Å². The summed E-state index contributed by atoms with van der Waals surface area (Å²) in [5, 5.41) is 0.748. The van der Waals surface area contributed by atoms with Crippen molar-refractivity contribution in [2.24, 2.45) is 0 Å². The summed E-state index contributed by atoms with van der Waals surface area (Å²) in [6.45, 7) is 3.66. The summed E-state index contributed by atoms with van der Waals surface area (Å²) in [5.74, 6) is -15.4. The Balaban J connectivity index is 0.000000114. The maximum atomic E-state index is 16.5. The van der Waals surface area contributed by atoms with E-state index in [-0.39, 0.29) is 168 Å². The minimum absolute atomic E-state index is 0.0105. The van der Waals surface area contributed by atoms with Crippen LogP contribution in [-0.4, -0.2) is 126 Å². The van der Waals surface area contributed by atoms with Gasteiger partial charge in [0.05, 0.1) is 56.6 Å². The van der Waals surface area contributed by atoms with Crippen LogP contribution >= 0.6 is 0 Å². The molecule has 27 rings (SSSR count). The van der Waals surface area contributed by atoms with E-state index < -0.39 is 151 Å². The standard InChI is InChI=1S/C40H22F4N2O4.2C40H24F2N2O4/c1-17(19-9-5-3-6-10-19)45-37(47)21-13-25(41)31-33-27(43)15-23-30-24(40(50)46(39(23)49)18(2)20-11-7-4-8-12-20)16-28(44)34(36(30)33)32-26(42)14-22(38(45)48)29(21)35(31)32;41-29-19-27-31-25(37(45)43(39(27)47)17-15-21-7-3-1-4-8-21)13-11-23-34-30(42)20-28-32-26(14-12-24(36(32)34)33(29)35(23)31)38(46)44(40(28)48)18-16-22-9-5-2-6-10-22;41-29-19-27-33-28(40(48)44(39(27)47)18-16-22-9-5-2-6-10-22)20-30(42)35-24-12-14-26-32-25(13-11-23(31(24)32)34(29)36(33)35)37(45)43(38(26)46)17-15-21-7-3-1-4-8-21/h3-18H,1-2H3;2*1-14,19-20H,15-18H2. The SMILES string of the molecule is CC(c1ccccc1)N1C(=O)c2cc(F)c3c4c(F)cc5c6c(cc(F)c(c7c(F)cc(c2c37)C1=O)c64)C(=O)N(C(C)c1ccccc1)C5=O.O=C1c2ccc3c4c(F)cc5c6c(cc(F)c(c7ccc(c2c37)C(=O)N1CCc1ccccc1)c64)C(=O)N(CCc1ccccc1)C5=O.O=C1c2ccc3c4c(F)cc5c6c(ccc(c7c(F)cc(c2c37)C(=O)N1CCc1ccccc1)c64)C(=O)N(CCc1ccccc1)C5=O. The highest BCUT2D eigenvalue weighted by Crippen LogP contribution is 2.55. The topological polar surface area (TPSA) is 224 Å². The van der Waals surface area contributed by atoms with Gasteiger partial charge in [0.15, 0.2) is 0 Å². The molecular formula is C120H70F8N6O12. The molecule has 0 aliphatic carbocycles. The Labute approximate surface area is 821 Å². The van der Waals surface area contributed by atoms with Gasteiger partial charge in [-0.2, -0.15) is 0 Å². The number of hydrogen-bond donors (Lipinski definition) is 0. The highest BCUT2D eigenvalue weighted by atomic mass is 19.2. The third-order valence-electron chi connectivity index (χ3n) is 29.9. The molecular weight excluding hydrogens is 1870 g/mol. The third-order valence-corrected chi connectivity index (χ3v) is 29.9. The van der Waals surface area contributed by atoms with Crippen LogP contribution in [0.15, 0.2) is 279 Å². The largest absolute Gasteiger partial charge is 0.274 e. The predicted molar refractivity (Wildman–Crippen MR) is 535 cm³/mol. The van der Waals surface area contributed by atoms with Crippen LogP contribution in [-0.2, 0) is 25.7 Å². The molecule has 0 radical (unpaired) electrons. The third kappa shape index (κ3) is 12.9. The first kappa shape index (κ1) is 89.2. The summed E-state index contributed by atoms with van der Waals surface area (Å²) in [7, 11) is 0. The summed E-state index contributed by atoms with van der Waals surface area (Å²) in [6, 6.07) is 74.1. The summed E-state index contributed by atoms with van der Waals surface area (Å²) in [4.78, 5) is 173. The van der Waals surface area contributed by atoms with E-state index in [2.05, 4.69) is 0 Å². The van der Waals surface area contributed by atoms with Gasteiger partial charge in [0, 0.05) is 151 Å². The number of carbonyl (C=O) groups is 12. The van der Waals surface area contributed by atoms with E-state index >= 15 is 35.1 Å². The molecule has 2 atom stereocenters. The minimum Gasteiger partial charge on any atom is -0.274 e. The average molecular weight is 1940 g/mol. The van der Waals surface area contributed by atoms with Crippen molar-refractivity contribution < 1.29 is 92.7 Å². The van der Waals surface area contributed by atoms with Gasteiger partial charge in [0.1, 0.15) is 46.5 Å². The zero-order valence-corrected chi connectivity index (χ0v) is 77.0. The molecule has 18 nitrogen and oxygen atoms in total. The molecule has 6 aliphatic heterocycles. The number of hydrogen-bond acceptors (Lipinski definition) is 12. The lowest BCUT2D eigenvalue weighted by Gasteiger charge is -2.34. The van der Waals surface area contributed by atoms with Crippen LogP contribution < -0.4 is 0 Å². The van der Waals surface area contributed by atoms with Crippen molar-refractivity contribution in [1.82, 2.24) is 29.4 Å². The lowest BCUT2D eigenvalue weighted by Crippen LogP contribution is -2.42. The van der Waals surface area contributed by atoms with Gasteiger partial charge in [-0.3, -0.25) is 86.9 Å². The molecule has 0 spiro atoms. The molecule has 0 aromatic heterocycles. The van der Waals surface area contributed by atoms with Crippen LogP contribution in [0.3, 0.4) is 0 Å². The molecule has 0 saturated carbocycles. The molecule has 6 heterocycles. The van der Waals surface area contributed by atoms with Crippen molar-refractivity contribution in [2.75, 3.05) is 26.2 Å². The highest BCUT2D eigenvalue weighted by molar-refractivity contribution is 6.46. The number of carbonyl (C=O) groups excluding carboxylic acids is 12. The van der Waals surface area contributed by atoms with E-state index in [9.17, 15) is 57.5 Å². The monoisotopic (exact) mass is 1940 g/mol. The molecule has 708 valence electrons. The Bertz CT molecular complexity index is 8950. The van der Waals surface area contributed by atoms with E-state index in [0.29, 0.717) is 69.1 Å². The number of amides is 12. The highest BCUT2D eigenvalue weighted by Gasteiger charge is 2.47. The smallest absolute Gasteiger partial charge is 0.262 e. The Kier molecular flexibility index (Phi) is 20.3. The quantitative estimate of drug-likeness (QED) is 0.0381. The maximum Gasteiger partial charge on any atom is 0.262 e. The van der Waals surface area contributed by atoms with Gasteiger partial charge < -0.3 is 0 Å². The molecule has 12 amide bonds. The normalized spacial score (nSPS) is 14.9. The second-order valence-corrected chi connectivity index (χ2v) is 37.5. The number of imide groups is 6. The average Bonchev–Trinajstić information content (AvgIpc) is 0.675. The first-order valence-electron chi connectivity index (χ1n) is 47.3. The van der Waals surface area contributed by atoms with Gasteiger partial charge in [-0.05, 0) is 173 Å². The lowest BCUT2D eigenvalue weighted by molar-refractivity contribution is 0.0533. The number of nitrogens with zero attached hydrogens (tertiary/aromatic N) is 6. The summed E-state index contributed by atoms with van der Waals surface area (Å²) in [5.41, 5.74) is 4.94. The summed E-state index contributed by atoms with van der Waals surface area (Å²) in [6.07, 6.45) is 1.73. The molecule has 0 saturated heterocycles. The van der Waals surface area contributed by atoms with Crippen LogP contribution in [0.1, 0.15) is 184 Å². The zero-order chi connectivity index (χ0) is 101. The van der Waals surface area contributed by atoms with E-state index in [1.807, 2.05) is 121 Å². The molecule has 21 aromatic rings. The number of benzene rings is 21. The van der Waals surface area contributed by atoms with Crippen molar-refractivity contribution in [2.45, 2.75) is 51.6 Å². The first-order valence-corrected chi connectivity index (χ1v) is 47.3. The predicted octanol–water partition coefficient (Wildman–Crippen LogP) is 24.4. The van der Waals surface area contributed by atoms with Crippen molar-refractivity contribution >= 4 is 200 Å². The van der Waals surface area contributed by atoms with E-state index in [1.165, 1.54) is 4.90 Å². The Morgan fingerprint density at radius 2 is 0.356 bits per heavy atom. The Morgan fingerprint density at radius 3 is 0.596 bits per heavy atom. The Morgan fingerprint density at radius 1 is 0.178 bits per heavy atom. The van der Waals surface area contributed by atoms with Crippen LogP contribution in [0.5, 0.6) is 0 Å². The molecule has 21 aromatic carbocycles. The first-order chi connectivity index (χ1) is 70.7. The van der Waals surface area contributed by atoms with Crippen molar-refractivity contribution in [3.8, 4) is 0 Å². The fourth-order valence-electron chi connectivity index (χ4n) is 23.3. The minimum atomic E-state index is -1.13. The van der Waals surface area contributed by atoms with E-state index in [1.54, 1.807) is 123 Å². The Hall–Kier alpha value is -18.2. The van der Waals surface area contributed by atoms with Crippen LogP contribution in [0.25, 0.3) is 129 Å². The molecule has 6 aliphatic rings. The molecule has 0 N–H and O–H groups in total. The second kappa shape index (κ2) is 33.2. The van der Waals surface area contributed by atoms with Crippen LogP contribution in [0.2, 0.25) is 0 Å². The van der Waals surface area contributed by atoms with Gasteiger partial charge in [0.25, 0.3) is 70.9 Å². The summed E-state index contributed by atoms with van der Waals surface area (Å²) >= 11 is 0.